The van der Waals surface area contributed by atoms with Crippen LogP contribution in [0.5, 0.6) is 0 Å². The number of unbranched alkanes of at least 4 members (excludes halogenated alkanes) is 1. The zero-order valence-corrected chi connectivity index (χ0v) is 13.7. The van der Waals surface area contributed by atoms with Crippen LogP contribution in [-0.4, -0.2) is 41.5 Å². The lowest BCUT2D eigenvalue weighted by molar-refractivity contribution is 0.0719. The van der Waals surface area contributed by atoms with E-state index < -0.39 is 0 Å². The highest BCUT2D eigenvalue weighted by molar-refractivity contribution is 6.02. The van der Waals surface area contributed by atoms with Crippen molar-refractivity contribution in [1.82, 2.24) is 4.90 Å². The van der Waals surface area contributed by atoms with E-state index in [-0.39, 0.29) is 24.2 Å². The normalized spacial score (nSPS) is 10.4. The summed E-state index contributed by atoms with van der Waals surface area (Å²) in [7, 11) is 0. The van der Waals surface area contributed by atoms with Crippen LogP contribution in [0.3, 0.4) is 0 Å². The van der Waals surface area contributed by atoms with E-state index in [1.165, 1.54) is 6.26 Å². The fraction of sp³-hybridized carbons (Fsp3) is 0.333. The third kappa shape index (κ3) is 4.70. The fourth-order valence-corrected chi connectivity index (χ4v) is 2.26. The maximum absolute atomic E-state index is 12.5. The standard InChI is InChI=1S/C18H22N2O4/c1-2-3-10-20(11-12-21)18(23)14-6-8-15(9-7-14)19-17(22)16-5-4-13-24-16/h4-9,13,21H,2-3,10-12H2,1H3,(H,19,22). The monoisotopic (exact) mass is 330 g/mol. The van der Waals surface area contributed by atoms with Crippen molar-refractivity contribution >= 4 is 17.5 Å². The van der Waals surface area contributed by atoms with Gasteiger partial charge in [0.25, 0.3) is 11.8 Å². The molecular weight excluding hydrogens is 308 g/mol. The fourth-order valence-electron chi connectivity index (χ4n) is 2.26. The lowest BCUT2D eigenvalue weighted by Gasteiger charge is -2.21. The minimum Gasteiger partial charge on any atom is -0.459 e. The van der Waals surface area contributed by atoms with Gasteiger partial charge in [-0.3, -0.25) is 9.59 Å². The molecular formula is C18H22N2O4. The van der Waals surface area contributed by atoms with Crippen LogP contribution in [0.1, 0.15) is 40.7 Å². The third-order valence-electron chi connectivity index (χ3n) is 3.57. The van der Waals surface area contributed by atoms with Gasteiger partial charge >= 0.3 is 0 Å². The van der Waals surface area contributed by atoms with Crippen LogP contribution in [0.25, 0.3) is 0 Å². The Morgan fingerprint density at radius 2 is 1.92 bits per heavy atom. The highest BCUT2D eigenvalue weighted by atomic mass is 16.3. The first-order valence-corrected chi connectivity index (χ1v) is 8.00. The average Bonchev–Trinajstić information content (AvgIpc) is 3.13. The Labute approximate surface area is 141 Å². The Balaban J connectivity index is 2.01. The van der Waals surface area contributed by atoms with E-state index in [0.29, 0.717) is 24.3 Å². The number of carbonyl (C=O) groups excluding carboxylic acids is 2. The number of furan rings is 1. The van der Waals surface area contributed by atoms with Crippen LogP contribution in [0.2, 0.25) is 0 Å². The predicted molar refractivity (Wildman–Crippen MR) is 91.0 cm³/mol. The molecule has 1 aromatic carbocycles. The van der Waals surface area contributed by atoms with E-state index in [1.807, 2.05) is 0 Å². The Morgan fingerprint density at radius 1 is 1.17 bits per heavy atom. The summed E-state index contributed by atoms with van der Waals surface area (Å²) < 4.78 is 5.03. The van der Waals surface area contributed by atoms with Crippen LogP contribution in [0.4, 0.5) is 5.69 Å². The first-order chi connectivity index (χ1) is 11.7. The van der Waals surface area contributed by atoms with Gasteiger partial charge < -0.3 is 19.7 Å². The Hall–Kier alpha value is -2.60. The van der Waals surface area contributed by atoms with Gasteiger partial charge in [-0.25, -0.2) is 0 Å². The summed E-state index contributed by atoms with van der Waals surface area (Å²) in [6.45, 7) is 2.92. The molecule has 0 spiro atoms. The number of nitrogens with zero attached hydrogens (tertiary/aromatic N) is 1. The lowest BCUT2D eigenvalue weighted by atomic mass is 10.1. The van der Waals surface area contributed by atoms with Crippen LogP contribution in [-0.2, 0) is 0 Å². The van der Waals surface area contributed by atoms with E-state index in [0.717, 1.165) is 12.8 Å². The van der Waals surface area contributed by atoms with Gasteiger partial charge in [0.05, 0.1) is 12.9 Å². The molecule has 2 amide bonds. The topological polar surface area (TPSA) is 82.8 Å². The van der Waals surface area contributed by atoms with Gasteiger partial charge in [-0.1, -0.05) is 13.3 Å². The quantitative estimate of drug-likeness (QED) is 0.779. The SMILES string of the molecule is CCCCN(CCO)C(=O)c1ccc(NC(=O)c2ccco2)cc1. The number of nitrogens with one attached hydrogen (secondary N) is 1. The number of aliphatic hydroxyl groups is 1. The van der Waals surface area contributed by atoms with E-state index in [2.05, 4.69) is 12.2 Å². The summed E-state index contributed by atoms with van der Waals surface area (Å²) in [5.41, 5.74) is 1.10. The molecule has 0 radical (unpaired) electrons. The molecule has 0 aliphatic heterocycles. The molecule has 0 saturated heterocycles. The second kappa shape index (κ2) is 8.88. The maximum atomic E-state index is 12.5. The van der Waals surface area contributed by atoms with Crippen LogP contribution >= 0.6 is 0 Å². The van der Waals surface area contributed by atoms with E-state index in [4.69, 9.17) is 9.52 Å². The summed E-state index contributed by atoms with van der Waals surface area (Å²) in [4.78, 5) is 26.0. The van der Waals surface area contributed by atoms with Gasteiger partial charge in [0.2, 0.25) is 0 Å². The van der Waals surface area contributed by atoms with Crippen molar-refractivity contribution in [3.8, 4) is 0 Å². The molecule has 0 fully saturated rings. The molecule has 24 heavy (non-hydrogen) atoms. The predicted octanol–water partition coefficient (Wildman–Crippen LogP) is 2.77. The summed E-state index contributed by atoms with van der Waals surface area (Å²) in [6, 6.07) is 9.89. The summed E-state index contributed by atoms with van der Waals surface area (Å²) in [5.74, 6) is -0.242. The average molecular weight is 330 g/mol. The van der Waals surface area contributed by atoms with Crippen LogP contribution in [0.15, 0.2) is 47.1 Å². The largest absolute Gasteiger partial charge is 0.459 e. The number of carbonyl (C=O) groups is 2. The van der Waals surface area contributed by atoms with Gasteiger partial charge in [0.1, 0.15) is 0 Å². The molecule has 2 N–H and O–H groups in total. The molecule has 0 unspecified atom stereocenters. The van der Waals surface area contributed by atoms with Crippen molar-refractivity contribution in [1.29, 1.82) is 0 Å². The molecule has 6 nitrogen and oxygen atoms in total. The molecule has 6 heteroatoms. The molecule has 0 aliphatic rings. The van der Waals surface area contributed by atoms with E-state index in [1.54, 1.807) is 41.3 Å². The number of amides is 2. The second-order valence-corrected chi connectivity index (χ2v) is 5.38. The first-order valence-electron chi connectivity index (χ1n) is 8.00. The van der Waals surface area contributed by atoms with Crippen molar-refractivity contribution in [3.05, 3.63) is 54.0 Å². The molecule has 0 bridgehead atoms. The molecule has 2 rings (SSSR count). The summed E-state index contributed by atoms with van der Waals surface area (Å²) in [5, 5.41) is 11.8. The van der Waals surface area contributed by atoms with Gasteiger partial charge in [-0.2, -0.15) is 0 Å². The smallest absolute Gasteiger partial charge is 0.291 e. The van der Waals surface area contributed by atoms with Gasteiger partial charge in [0, 0.05) is 24.3 Å². The first kappa shape index (κ1) is 17.7. The maximum Gasteiger partial charge on any atom is 0.291 e. The van der Waals surface area contributed by atoms with Crippen molar-refractivity contribution in [2.75, 3.05) is 25.0 Å². The summed E-state index contributed by atoms with van der Waals surface area (Å²) >= 11 is 0. The Kier molecular flexibility index (Phi) is 6.57. The third-order valence-corrected chi connectivity index (χ3v) is 3.57. The molecule has 0 atom stereocenters. The number of hydrogen-bond donors (Lipinski definition) is 2. The number of anilines is 1. The highest BCUT2D eigenvalue weighted by Gasteiger charge is 2.15. The van der Waals surface area contributed by atoms with E-state index in [9.17, 15) is 9.59 Å². The number of benzene rings is 1. The van der Waals surface area contributed by atoms with E-state index >= 15 is 0 Å². The van der Waals surface area contributed by atoms with Gasteiger partial charge in [-0.05, 0) is 42.8 Å². The Morgan fingerprint density at radius 3 is 2.50 bits per heavy atom. The van der Waals surface area contributed by atoms with Crippen molar-refractivity contribution in [2.45, 2.75) is 19.8 Å². The minimum atomic E-state index is -0.344. The molecule has 1 heterocycles. The van der Waals surface area contributed by atoms with Crippen LogP contribution < -0.4 is 5.32 Å². The molecule has 0 aliphatic carbocycles. The highest BCUT2D eigenvalue weighted by Crippen LogP contribution is 2.14. The number of aliphatic hydroxyl groups excluding tert-OH is 1. The molecule has 1 aromatic heterocycles. The van der Waals surface area contributed by atoms with Gasteiger partial charge in [-0.15, -0.1) is 0 Å². The number of hydrogen-bond acceptors (Lipinski definition) is 4. The zero-order valence-electron chi connectivity index (χ0n) is 13.7. The van der Waals surface area contributed by atoms with Crippen molar-refractivity contribution in [3.63, 3.8) is 0 Å². The van der Waals surface area contributed by atoms with Gasteiger partial charge in [0.15, 0.2) is 5.76 Å². The minimum absolute atomic E-state index is 0.0628. The van der Waals surface area contributed by atoms with Crippen LogP contribution in [0, 0.1) is 0 Å². The zero-order chi connectivity index (χ0) is 17.4. The summed E-state index contributed by atoms with van der Waals surface area (Å²) in [6.07, 6.45) is 3.30. The second-order valence-electron chi connectivity index (χ2n) is 5.38. The molecule has 128 valence electrons. The van der Waals surface area contributed by atoms with Crippen molar-refractivity contribution < 1.29 is 19.1 Å². The molecule has 2 aromatic rings. The van der Waals surface area contributed by atoms with Crippen molar-refractivity contribution in [2.24, 2.45) is 0 Å². The lowest BCUT2D eigenvalue weighted by Crippen LogP contribution is -2.34. The number of rotatable bonds is 8. The molecule has 0 saturated carbocycles. The Bertz CT molecular complexity index is 650.